The van der Waals surface area contributed by atoms with Gasteiger partial charge in [-0.3, -0.25) is 4.68 Å². The molecule has 0 aromatic carbocycles. The molecule has 1 aromatic heterocycles. The van der Waals surface area contributed by atoms with Gasteiger partial charge in [0.15, 0.2) is 0 Å². The lowest BCUT2D eigenvalue weighted by Crippen LogP contribution is -2.56. The number of aryl methyl sites for hydroxylation is 2. The second-order valence-electron chi connectivity index (χ2n) is 5.39. The molecule has 2 rings (SSSR count). The van der Waals surface area contributed by atoms with Crippen molar-refractivity contribution in [2.24, 2.45) is 5.10 Å². The standard InChI is InChI=1S/C12H17ClF2N4O3S/c1-5-18-9(4)10(8(3)17-18)23(21,22)19-11(20,12(13,14)15)6-7(2)16-19/h20H,5-6H2,1-4H3. The monoisotopic (exact) mass is 370 g/mol. The van der Waals surface area contributed by atoms with Crippen LogP contribution in [-0.4, -0.2) is 44.5 Å². The largest absolute Gasteiger partial charge is 0.371 e. The summed E-state index contributed by atoms with van der Waals surface area (Å²) in [5.41, 5.74) is -2.74. The van der Waals surface area contributed by atoms with Crippen molar-refractivity contribution in [3.63, 3.8) is 0 Å². The summed E-state index contributed by atoms with van der Waals surface area (Å²) in [4.78, 5) is -0.267. The van der Waals surface area contributed by atoms with Gasteiger partial charge in [0.25, 0.3) is 15.7 Å². The van der Waals surface area contributed by atoms with Crippen molar-refractivity contribution in [2.45, 2.75) is 56.7 Å². The molecule has 0 amide bonds. The van der Waals surface area contributed by atoms with Crippen LogP contribution in [0.2, 0.25) is 0 Å². The van der Waals surface area contributed by atoms with E-state index in [-0.39, 0.29) is 26.4 Å². The zero-order valence-corrected chi connectivity index (χ0v) is 14.6. The Bertz CT molecular complexity index is 772. The number of nitrogens with zero attached hydrogens (tertiary/aromatic N) is 4. The first-order valence-corrected chi connectivity index (χ1v) is 8.60. The molecule has 7 nitrogen and oxygen atoms in total. The summed E-state index contributed by atoms with van der Waals surface area (Å²) < 4.78 is 54.4. The SMILES string of the molecule is CCn1nc(C)c(S(=O)(=O)N2N=C(C)CC2(O)C(F)(F)Cl)c1C. The lowest BCUT2D eigenvalue weighted by Gasteiger charge is -2.34. The highest BCUT2D eigenvalue weighted by molar-refractivity contribution is 7.89. The first kappa shape index (κ1) is 18.1. The van der Waals surface area contributed by atoms with Gasteiger partial charge < -0.3 is 5.11 Å². The van der Waals surface area contributed by atoms with Gasteiger partial charge in [0.1, 0.15) is 4.90 Å². The van der Waals surface area contributed by atoms with Crippen LogP contribution in [0, 0.1) is 13.8 Å². The topological polar surface area (TPSA) is 87.8 Å². The van der Waals surface area contributed by atoms with Gasteiger partial charge in [0.2, 0.25) is 0 Å². The summed E-state index contributed by atoms with van der Waals surface area (Å²) >= 11 is 4.96. The third kappa shape index (κ3) is 2.62. The van der Waals surface area contributed by atoms with Crippen LogP contribution in [0.15, 0.2) is 10.00 Å². The number of aliphatic hydroxyl groups is 1. The van der Waals surface area contributed by atoms with Crippen LogP contribution in [0.1, 0.15) is 31.7 Å². The Balaban J connectivity index is 2.66. The van der Waals surface area contributed by atoms with Crippen molar-refractivity contribution in [1.82, 2.24) is 14.2 Å². The fraction of sp³-hybridized carbons (Fsp3) is 0.667. The Morgan fingerprint density at radius 2 is 1.96 bits per heavy atom. The van der Waals surface area contributed by atoms with Crippen molar-refractivity contribution in [1.29, 1.82) is 0 Å². The molecular weight excluding hydrogens is 354 g/mol. The van der Waals surface area contributed by atoms with Gasteiger partial charge >= 0.3 is 5.38 Å². The summed E-state index contributed by atoms with van der Waals surface area (Å²) in [5.74, 6) is 0. The van der Waals surface area contributed by atoms with E-state index >= 15 is 0 Å². The maximum atomic E-state index is 13.7. The molecule has 0 radical (unpaired) electrons. The van der Waals surface area contributed by atoms with E-state index in [2.05, 4.69) is 10.2 Å². The number of hydrogen-bond acceptors (Lipinski definition) is 5. The van der Waals surface area contributed by atoms with Gasteiger partial charge in [0, 0.05) is 18.7 Å². The van der Waals surface area contributed by atoms with Crippen molar-refractivity contribution >= 4 is 27.3 Å². The smallest absolute Gasteiger partial charge is 0.363 e. The Hall–Kier alpha value is -1.26. The average Bonchev–Trinajstić information content (AvgIpc) is 2.86. The van der Waals surface area contributed by atoms with Crippen LogP contribution in [0.4, 0.5) is 8.78 Å². The first-order valence-electron chi connectivity index (χ1n) is 6.79. The minimum atomic E-state index is -4.56. The molecule has 0 spiro atoms. The molecule has 130 valence electrons. The molecule has 0 saturated heterocycles. The molecule has 1 N–H and O–H groups in total. The molecule has 11 heteroatoms. The molecule has 1 aliphatic rings. The molecule has 23 heavy (non-hydrogen) atoms. The molecule has 1 aromatic rings. The highest BCUT2D eigenvalue weighted by Gasteiger charge is 2.63. The van der Waals surface area contributed by atoms with E-state index in [1.54, 1.807) is 6.92 Å². The number of rotatable bonds is 4. The Kier molecular flexibility index (Phi) is 4.23. The molecule has 0 bridgehead atoms. The summed E-state index contributed by atoms with van der Waals surface area (Å²) in [6, 6.07) is 0. The highest BCUT2D eigenvalue weighted by Crippen LogP contribution is 2.45. The van der Waals surface area contributed by atoms with Crippen molar-refractivity contribution in [3.8, 4) is 0 Å². The van der Waals surface area contributed by atoms with Gasteiger partial charge in [-0.2, -0.15) is 27.4 Å². The Labute approximate surface area is 137 Å². The fourth-order valence-corrected chi connectivity index (χ4v) is 4.69. The summed E-state index contributed by atoms with van der Waals surface area (Å²) in [6.07, 6.45) is -0.692. The van der Waals surface area contributed by atoms with Crippen LogP contribution in [0.3, 0.4) is 0 Å². The molecular formula is C12H17ClF2N4O3S. The number of hydrazone groups is 1. The third-order valence-corrected chi connectivity index (χ3v) is 5.88. The maximum absolute atomic E-state index is 13.7. The molecule has 2 heterocycles. The average molecular weight is 371 g/mol. The Morgan fingerprint density at radius 1 is 1.39 bits per heavy atom. The lowest BCUT2D eigenvalue weighted by molar-refractivity contribution is -0.175. The van der Waals surface area contributed by atoms with E-state index < -0.39 is 27.6 Å². The first-order chi connectivity index (χ1) is 10.4. The zero-order valence-electron chi connectivity index (χ0n) is 13.0. The minimum absolute atomic E-state index is 0.000648. The lowest BCUT2D eigenvalue weighted by atomic mass is 10.1. The van der Waals surface area contributed by atoms with E-state index in [0.29, 0.717) is 6.54 Å². The fourth-order valence-electron chi connectivity index (χ4n) is 2.61. The highest BCUT2D eigenvalue weighted by atomic mass is 35.5. The summed E-state index contributed by atoms with van der Waals surface area (Å²) in [7, 11) is -4.56. The van der Waals surface area contributed by atoms with Crippen molar-refractivity contribution in [3.05, 3.63) is 11.4 Å². The van der Waals surface area contributed by atoms with Crippen LogP contribution in [0.5, 0.6) is 0 Å². The van der Waals surface area contributed by atoms with Crippen molar-refractivity contribution in [2.75, 3.05) is 0 Å². The van der Waals surface area contributed by atoms with E-state index in [1.165, 1.54) is 25.5 Å². The number of aromatic nitrogens is 2. The van der Waals surface area contributed by atoms with Crippen molar-refractivity contribution < 1.29 is 22.3 Å². The van der Waals surface area contributed by atoms with Crippen LogP contribution < -0.4 is 0 Å². The van der Waals surface area contributed by atoms with Gasteiger partial charge in [0.05, 0.1) is 11.4 Å². The van der Waals surface area contributed by atoms with E-state index in [4.69, 9.17) is 11.6 Å². The second kappa shape index (κ2) is 5.38. The van der Waals surface area contributed by atoms with Gasteiger partial charge in [-0.1, -0.05) is 0 Å². The number of hydrogen-bond donors (Lipinski definition) is 1. The van der Waals surface area contributed by atoms with Gasteiger partial charge in [-0.25, -0.2) is 0 Å². The Morgan fingerprint density at radius 3 is 2.39 bits per heavy atom. The van der Waals surface area contributed by atoms with Crippen LogP contribution in [-0.2, 0) is 16.6 Å². The minimum Gasteiger partial charge on any atom is -0.363 e. The van der Waals surface area contributed by atoms with Crippen LogP contribution >= 0.6 is 11.6 Å². The number of halogens is 3. The summed E-state index contributed by atoms with van der Waals surface area (Å²) in [6.45, 7) is 6.44. The quantitative estimate of drug-likeness (QED) is 0.819. The molecule has 1 atom stereocenters. The predicted molar refractivity (Wildman–Crippen MR) is 79.9 cm³/mol. The number of alkyl halides is 3. The maximum Gasteiger partial charge on any atom is 0.371 e. The van der Waals surface area contributed by atoms with E-state index in [9.17, 15) is 22.3 Å². The van der Waals surface area contributed by atoms with E-state index in [0.717, 1.165) is 0 Å². The normalized spacial score (nSPS) is 22.6. The van der Waals surface area contributed by atoms with Crippen LogP contribution in [0.25, 0.3) is 0 Å². The summed E-state index contributed by atoms with van der Waals surface area (Å²) in [5, 5.41) is 13.6. The predicted octanol–water partition coefficient (Wildman–Crippen LogP) is 1.81. The molecule has 1 unspecified atom stereocenters. The van der Waals surface area contributed by atoms with Gasteiger partial charge in [-0.15, -0.1) is 4.41 Å². The molecule has 0 saturated carbocycles. The molecule has 1 aliphatic heterocycles. The van der Waals surface area contributed by atoms with Gasteiger partial charge in [-0.05, 0) is 39.3 Å². The third-order valence-electron chi connectivity index (χ3n) is 3.63. The van der Waals surface area contributed by atoms with E-state index in [1.807, 2.05) is 0 Å². The second-order valence-corrected chi connectivity index (χ2v) is 7.57. The zero-order chi connectivity index (χ0) is 17.8. The molecule has 0 aliphatic carbocycles. The number of sulfonamides is 1. The molecule has 0 fully saturated rings.